The molecule has 6 heteroatoms. The van der Waals surface area contributed by atoms with Crippen LogP contribution in [0.3, 0.4) is 0 Å². The van der Waals surface area contributed by atoms with Crippen LogP contribution in [0.4, 0.5) is 5.69 Å². The van der Waals surface area contributed by atoms with Gasteiger partial charge in [-0.1, -0.05) is 0 Å². The van der Waals surface area contributed by atoms with Crippen LogP contribution in [0, 0.1) is 6.92 Å². The van der Waals surface area contributed by atoms with E-state index in [1.165, 1.54) is 0 Å². The second-order valence-electron chi connectivity index (χ2n) is 4.55. The number of carbonyl (C=O) groups is 2. The van der Waals surface area contributed by atoms with E-state index in [-0.39, 0.29) is 18.4 Å². The van der Waals surface area contributed by atoms with Gasteiger partial charge in [-0.05, 0) is 19.4 Å². The van der Waals surface area contributed by atoms with E-state index in [1.807, 2.05) is 13.0 Å². The van der Waals surface area contributed by atoms with Gasteiger partial charge < -0.3 is 15.5 Å². The van der Waals surface area contributed by atoms with Gasteiger partial charge in [-0.25, -0.2) is 0 Å². The highest BCUT2D eigenvalue weighted by molar-refractivity contribution is 6.01. The van der Waals surface area contributed by atoms with E-state index in [2.05, 4.69) is 15.6 Å². The van der Waals surface area contributed by atoms with Crippen molar-refractivity contribution >= 4 is 17.5 Å². The van der Waals surface area contributed by atoms with Gasteiger partial charge in [0.2, 0.25) is 5.91 Å². The van der Waals surface area contributed by atoms with E-state index in [0.29, 0.717) is 18.7 Å². The lowest BCUT2D eigenvalue weighted by molar-refractivity contribution is -0.121. The molecule has 0 aliphatic carbocycles. The number of nitrogens with one attached hydrogen (secondary N) is 2. The number of pyridine rings is 1. The van der Waals surface area contributed by atoms with Gasteiger partial charge in [-0.3, -0.25) is 14.6 Å². The zero-order chi connectivity index (χ0) is 13.8. The number of anilines is 1. The second-order valence-corrected chi connectivity index (χ2v) is 4.55. The van der Waals surface area contributed by atoms with Crippen molar-refractivity contribution in [3.05, 3.63) is 23.5 Å². The Balaban J connectivity index is 2.25. The summed E-state index contributed by atoms with van der Waals surface area (Å²) in [5, 5.41) is 5.75. The van der Waals surface area contributed by atoms with Crippen molar-refractivity contribution in [2.45, 2.75) is 13.3 Å². The maximum Gasteiger partial charge on any atom is 0.257 e. The van der Waals surface area contributed by atoms with Crippen LogP contribution in [0.15, 0.2) is 12.3 Å². The summed E-state index contributed by atoms with van der Waals surface area (Å²) in [4.78, 5) is 29.7. The first-order valence-corrected chi connectivity index (χ1v) is 6.32. The van der Waals surface area contributed by atoms with E-state index in [0.717, 1.165) is 17.8 Å². The van der Waals surface area contributed by atoms with Crippen LogP contribution in [0.1, 0.15) is 22.5 Å². The lowest BCUT2D eigenvalue weighted by atomic mass is 10.1. The molecule has 1 aromatic rings. The molecule has 2 N–H and O–H groups in total. The number of aryl methyl sites for hydroxylation is 1. The quantitative estimate of drug-likeness (QED) is 0.808. The Morgan fingerprint density at radius 3 is 3.05 bits per heavy atom. The van der Waals surface area contributed by atoms with E-state index < -0.39 is 0 Å². The topological polar surface area (TPSA) is 74.3 Å². The van der Waals surface area contributed by atoms with Crippen LogP contribution < -0.4 is 10.6 Å². The number of amides is 2. The molecule has 0 bridgehead atoms. The third kappa shape index (κ3) is 3.01. The number of hydrogen-bond donors (Lipinski definition) is 2. The molecule has 0 spiro atoms. The average Bonchev–Trinajstić information content (AvgIpc) is 2.62. The fourth-order valence-electron chi connectivity index (χ4n) is 2.09. The Morgan fingerprint density at radius 1 is 1.53 bits per heavy atom. The van der Waals surface area contributed by atoms with Gasteiger partial charge in [0.25, 0.3) is 5.91 Å². The minimum absolute atomic E-state index is 0.107. The molecular formula is C13H18N4O2. The Kier molecular flexibility index (Phi) is 3.99. The number of hydrogen-bond acceptors (Lipinski definition) is 4. The first-order chi connectivity index (χ1) is 9.11. The molecule has 1 aliphatic heterocycles. The van der Waals surface area contributed by atoms with E-state index in [1.54, 1.807) is 18.1 Å². The molecular weight excluding hydrogens is 244 g/mol. The zero-order valence-corrected chi connectivity index (χ0v) is 11.2. The summed E-state index contributed by atoms with van der Waals surface area (Å²) in [6.07, 6.45) is 2.33. The number of rotatable bonds is 2. The van der Waals surface area contributed by atoms with Crippen molar-refractivity contribution in [1.29, 1.82) is 0 Å². The number of aromatic nitrogens is 1. The van der Waals surface area contributed by atoms with Crippen molar-refractivity contribution in [1.82, 2.24) is 15.2 Å². The van der Waals surface area contributed by atoms with Crippen molar-refractivity contribution in [2.24, 2.45) is 0 Å². The Labute approximate surface area is 112 Å². The minimum atomic E-state index is -0.158. The molecule has 0 atom stereocenters. The summed E-state index contributed by atoms with van der Waals surface area (Å²) in [7, 11) is 1.76. The SMILES string of the molecule is CNc1cc(C)ncc1C(=O)N1CCCNC(=O)C1. The van der Waals surface area contributed by atoms with Gasteiger partial charge in [0, 0.05) is 32.0 Å². The van der Waals surface area contributed by atoms with Crippen LogP contribution in [0.5, 0.6) is 0 Å². The van der Waals surface area contributed by atoms with Crippen LogP contribution in [-0.2, 0) is 4.79 Å². The van der Waals surface area contributed by atoms with Crippen LogP contribution in [0.25, 0.3) is 0 Å². The normalized spacial score (nSPS) is 15.7. The van der Waals surface area contributed by atoms with Gasteiger partial charge in [0.05, 0.1) is 17.8 Å². The van der Waals surface area contributed by atoms with Gasteiger partial charge in [0.1, 0.15) is 0 Å². The summed E-state index contributed by atoms with van der Waals surface area (Å²) in [6.45, 7) is 3.17. The molecule has 0 radical (unpaired) electrons. The Bertz CT molecular complexity index is 501. The van der Waals surface area contributed by atoms with E-state index >= 15 is 0 Å². The standard InChI is InChI=1S/C13H18N4O2/c1-9-6-11(14-2)10(7-16-9)13(19)17-5-3-4-15-12(18)8-17/h6-7H,3-5,8H2,1-2H3,(H,14,16)(H,15,18). The molecule has 6 nitrogen and oxygen atoms in total. The number of nitrogens with zero attached hydrogens (tertiary/aromatic N) is 2. The fraction of sp³-hybridized carbons (Fsp3) is 0.462. The first-order valence-electron chi connectivity index (χ1n) is 6.32. The molecule has 1 fully saturated rings. The lowest BCUT2D eigenvalue weighted by Crippen LogP contribution is -2.37. The summed E-state index contributed by atoms with van der Waals surface area (Å²) >= 11 is 0. The highest BCUT2D eigenvalue weighted by Gasteiger charge is 2.23. The lowest BCUT2D eigenvalue weighted by Gasteiger charge is -2.20. The molecule has 102 valence electrons. The molecule has 0 saturated carbocycles. The summed E-state index contributed by atoms with van der Waals surface area (Å²) in [5.74, 6) is -0.272. The molecule has 19 heavy (non-hydrogen) atoms. The van der Waals surface area contributed by atoms with Gasteiger partial charge in [-0.2, -0.15) is 0 Å². The van der Waals surface area contributed by atoms with Crippen molar-refractivity contribution in [2.75, 3.05) is 32.0 Å². The molecule has 1 aromatic heterocycles. The van der Waals surface area contributed by atoms with Crippen LogP contribution >= 0.6 is 0 Å². The third-order valence-corrected chi connectivity index (χ3v) is 3.09. The second kappa shape index (κ2) is 5.69. The zero-order valence-electron chi connectivity index (χ0n) is 11.2. The van der Waals surface area contributed by atoms with E-state index in [4.69, 9.17) is 0 Å². The molecule has 0 unspecified atom stereocenters. The minimum Gasteiger partial charge on any atom is -0.387 e. The molecule has 2 heterocycles. The Hall–Kier alpha value is -2.11. The summed E-state index contributed by atoms with van der Waals surface area (Å²) in [5.41, 5.74) is 2.08. The van der Waals surface area contributed by atoms with Crippen molar-refractivity contribution < 1.29 is 9.59 Å². The predicted molar refractivity (Wildman–Crippen MR) is 72.1 cm³/mol. The maximum absolute atomic E-state index is 12.5. The molecule has 2 amide bonds. The monoisotopic (exact) mass is 262 g/mol. The third-order valence-electron chi connectivity index (χ3n) is 3.09. The highest BCUT2D eigenvalue weighted by Crippen LogP contribution is 2.17. The predicted octanol–water partition coefficient (Wildman–Crippen LogP) is 0.394. The average molecular weight is 262 g/mol. The Morgan fingerprint density at radius 2 is 2.32 bits per heavy atom. The molecule has 1 aliphatic rings. The van der Waals surface area contributed by atoms with Crippen LogP contribution in [-0.4, -0.2) is 48.4 Å². The van der Waals surface area contributed by atoms with Crippen molar-refractivity contribution in [3.8, 4) is 0 Å². The van der Waals surface area contributed by atoms with Gasteiger partial charge in [-0.15, -0.1) is 0 Å². The molecule has 0 aromatic carbocycles. The van der Waals surface area contributed by atoms with Crippen LogP contribution in [0.2, 0.25) is 0 Å². The smallest absolute Gasteiger partial charge is 0.257 e. The largest absolute Gasteiger partial charge is 0.387 e. The maximum atomic E-state index is 12.5. The van der Waals surface area contributed by atoms with Gasteiger partial charge in [0.15, 0.2) is 0 Å². The van der Waals surface area contributed by atoms with E-state index in [9.17, 15) is 9.59 Å². The summed E-state index contributed by atoms with van der Waals surface area (Å²) < 4.78 is 0. The molecule has 1 saturated heterocycles. The van der Waals surface area contributed by atoms with Gasteiger partial charge >= 0.3 is 0 Å². The first kappa shape index (κ1) is 13.3. The summed E-state index contributed by atoms with van der Waals surface area (Å²) in [6, 6.07) is 1.82. The highest BCUT2D eigenvalue weighted by atomic mass is 16.2. The van der Waals surface area contributed by atoms with Crippen molar-refractivity contribution in [3.63, 3.8) is 0 Å². The fourth-order valence-corrected chi connectivity index (χ4v) is 2.09. The molecule has 2 rings (SSSR count). The number of carbonyl (C=O) groups excluding carboxylic acids is 2.